The second kappa shape index (κ2) is 5.45. The maximum absolute atomic E-state index is 5.96. The van der Waals surface area contributed by atoms with Crippen molar-refractivity contribution >= 4 is 56.1 Å². The van der Waals surface area contributed by atoms with Crippen LogP contribution in [0.25, 0.3) is 10.9 Å². The minimum atomic E-state index is 0.732. The Morgan fingerprint density at radius 2 is 2.16 bits per heavy atom. The Hall–Kier alpha value is -1.17. The Bertz CT molecular complexity index is 711. The van der Waals surface area contributed by atoms with E-state index in [1.807, 2.05) is 36.5 Å². The van der Waals surface area contributed by atoms with Crippen LogP contribution in [0, 0.1) is 0 Å². The van der Waals surface area contributed by atoms with Gasteiger partial charge in [-0.25, -0.2) is 4.98 Å². The molecule has 0 spiro atoms. The monoisotopic (exact) mass is 353 g/mol. The largest absolute Gasteiger partial charge is 0.360 e. The number of pyridine rings is 1. The van der Waals surface area contributed by atoms with Crippen molar-refractivity contribution in [3.8, 4) is 0 Å². The van der Waals surface area contributed by atoms with Crippen molar-refractivity contribution < 1.29 is 0 Å². The molecule has 19 heavy (non-hydrogen) atoms. The molecule has 0 atom stereocenters. The summed E-state index contributed by atoms with van der Waals surface area (Å²) < 4.78 is 4.09. The minimum Gasteiger partial charge on any atom is -0.360 e. The summed E-state index contributed by atoms with van der Waals surface area (Å²) in [4.78, 5) is 8.49. The Kier molecular flexibility index (Phi) is 3.68. The standard InChI is InChI=1S/C13H9BrClN3S/c14-13-4-2-9(6-17-13)18-19-12-7-16-11-5-8(15)1-3-10(11)12/h1-7,16,18H. The topological polar surface area (TPSA) is 40.7 Å². The molecule has 0 aliphatic heterocycles. The molecule has 0 saturated carbocycles. The number of benzene rings is 1. The zero-order valence-corrected chi connectivity index (χ0v) is 12.8. The number of aromatic nitrogens is 2. The van der Waals surface area contributed by atoms with E-state index in [-0.39, 0.29) is 0 Å². The van der Waals surface area contributed by atoms with E-state index in [1.54, 1.807) is 18.1 Å². The van der Waals surface area contributed by atoms with Crippen LogP contribution in [-0.4, -0.2) is 9.97 Å². The number of rotatable bonds is 3. The summed E-state index contributed by atoms with van der Waals surface area (Å²) in [5.41, 5.74) is 1.99. The van der Waals surface area contributed by atoms with E-state index in [0.717, 1.165) is 31.1 Å². The molecule has 96 valence electrons. The van der Waals surface area contributed by atoms with Crippen molar-refractivity contribution in [2.75, 3.05) is 4.72 Å². The summed E-state index contributed by atoms with van der Waals surface area (Å²) >= 11 is 10.8. The van der Waals surface area contributed by atoms with E-state index in [1.165, 1.54) is 0 Å². The van der Waals surface area contributed by atoms with Crippen LogP contribution >= 0.6 is 39.5 Å². The van der Waals surface area contributed by atoms with Gasteiger partial charge in [0.25, 0.3) is 0 Å². The predicted molar refractivity (Wildman–Crippen MR) is 84.7 cm³/mol. The van der Waals surface area contributed by atoms with Gasteiger partial charge in [0.05, 0.1) is 16.8 Å². The third-order valence-electron chi connectivity index (χ3n) is 2.61. The van der Waals surface area contributed by atoms with E-state index in [4.69, 9.17) is 11.6 Å². The van der Waals surface area contributed by atoms with E-state index < -0.39 is 0 Å². The molecule has 0 aliphatic carbocycles. The predicted octanol–water partition coefficient (Wildman–Crippen LogP) is 5.10. The average Bonchev–Trinajstić information content (AvgIpc) is 2.80. The highest BCUT2D eigenvalue weighted by molar-refractivity contribution is 9.10. The van der Waals surface area contributed by atoms with Gasteiger partial charge < -0.3 is 9.71 Å². The first-order valence-electron chi connectivity index (χ1n) is 5.53. The normalized spacial score (nSPS) is 10.8. The Balaban J connectivity index is 1.80. The van der Waals surface area contributed by atoms with E-state index in [9.17, 15) is 0 Å². The Labute approximate surface area is 128 Å². The van der Waals surface area contributed by atoms with Gasteiger partial charge in [-0.1, -0.05) is 17.7 Å². The van der Waals surface area contributed by atoms with Crippen LogP contribution in [0.2, 0.25) is 5.02 Å². The van der Waals surface area contributed by atoms with Gasteiger partial charge in [-0.05, 0) is 52.1 Å². The van der Waals surface area contributed by atoms with E-state index in [2.05, 4.69) is 30.6 Å². The maximum Gasteiger partial charge on any atom is 0.106 e. The molecule has 6 heteroatoms. The zero-order chi connectivity index (χ0) is 13.2. The summed E-state index contributed by atoms with van der Waals surface area (Å²) in [6.07, 6.45) is 3.74. The van der Waals surface area contributed by atoms with Gasteiger partial charge in [-0.3, -0.25) is 0 Å². The van der Waals surface area contributed by atoms with Crippen molar-refractivity contribution in [2.24, 2.45) is 0 Å². The van der Waals surface area contributed by atoms with Gasteiger partial charge in [-0.15, -0.1) is 0 Å². The first kappa shape index (κ1) is 12.8. The van der Waals surface area contributed by atoms with Crippen molar-refractivity contribution in [1.82, 2.24) is 9.97 Å². The summed E-state index contributed by atoms with van der Waals surface area (Å²) in [5.74, 6) is 0. The second-order valence-corrected chi connectivity index (χ2v) is 6.01. The smallest absolute Gasteiger partial charge is 0.106 e. The highest BCUT2D eigenvalue weighted by Gasteiger charge is 2.05. The number of aromatic amines is 1. The first-order valence-corrected chi connectivity index (χ1v) is 7.52. The molecular formula is C13H9BrClN3S. The molecule has 3 aromatic rings. The average molecular weight is 355 g/mol. The van der Waals surface area contributed by atoms with Crippen LogP contribution in [0.4, 0.5) is 5.69 Å². The molecule has 0 radical (unpaired) electrons. The van der Waals surface area contributed by atoms with Gasteiger partial charge in [-0.2, -0.15) is 0 Å². The number of anilines is 1. The summed E-state index contributed by atoms with van der Waals surface area (Å²) in [7, 11) is 0. The Morgan fingerprint density at radius 3 is 2.95 bits per heavy atom. The molecular weight excluding hydrogens is 346 g/mol. The van der Waals surface area contributed by atoms with Gasteiger partial charge >= 0.3 is 0 Å². The lowest BCUT2D eigenvalue weighted by Gasteiger charge is -2.03. The fourth-order valence-electron chi connectivity index (χ4n) is 1.71. The molecule has 2 N–H and O–H groups in total. The quantitative estimate of drug-likeness (QED) is 0.508. The summed E-state index contributed by atoms with van der Waals surface area (Å²) in [5, 5.41) is 1.88. The van der Waals surface area contributed by atoms with Crippen molar-refractivity contribution in [3.63, 3.8) is 0 Å². The molecule has 0 saturated heterocycles. The fraction of sp³-hybridized carbons (Fsp3) is 0. The van der Waals surface area contributed by atoms with Crippen LogP contribution in [0.1, 0.15) is 0 Å². The highest BCUT2D eigenvalue weighted by atomic mass is 79.9. The summed E-state index contributed by atoms with van der Waals surface area (Å²) in [6, 6.07) is 9.69. The SMILES string of the molecule is Clc1ccc2c(SNc3ccc(Br)nc3)c[nH]c2c1. The van der Waals surface area contributed by atoms with Gasteiger partial charge in [0.15, 0.2) is 0 Å². The van der Waals surface area contributed by atoms with Gasteiger partial charge in [0.1, 0.15) is 4.60 Å². The third-order valence-corrected chi connectivity index (χ3v) is 4.21. The molecule has 3 rings (SSSR count). The number of H-pyrrole nitrogens is 1. The van der Waals surface area contributed by atoms with Crippen molar-refractivity contribution in [2.45, 2.75) is 4.90 Å². The number of halogens is 2. The highest BCUT2D eigenvalue weighted by Crippen LogP contribution is 2.30. The number of nitrogens with one attached hydrogen (secondary N) is 2. The van der Waals surface area contributed by atoms with Crippen LogP contribution in [-0.2, 0) is 0 Å². The fourth-order valence-corrected chi connectivity index (χ4v) is 2.87. The molecule has 0 aliphatic rings. The van der Waals surface area contributed by atoms with Crippen LogP contribution in [0.3, 0.4) is 0 Å². The number of hydrogen-bond donors (Lipinski definition) is 2. The van der Waals surface area contributed by atoms with E-state index >= 15 is 0 Å². The Morgan fingerprint density at radius 1 is 1.26 bits per heavy atom. The lowest BCUT2D eigenvalue weighted by molar-refractivity contribution is 1.28. The van der Waals surface area contributed by atoms with Gasteiger partial charge in [0.2, 0.25) is 0 Å². The lowest BCUT2D eigenvalue weighted by atomic mass is 10.2. The third kappa shape index (κ3) is 2.88. The first-order chi connectivity index (χ1) is 9.22. The van der Waals surface area contributed by atoms with Crippen LogP contribution in [0.5, 0.6) is 0 Å². The van der Waals surface area contributed by atoms with Gasteiger partial charge in [0, 0.05) is 22.1 Å². The molecule has 0 unspecified atom stereocenters. The molecule has 3 nitrogen and oxygen atoms in total. The van der Waals surface area contributed by atoms with Crippen LogP contribution in [0.15, 0.2) is 52.2 Å². The molecule has 0 fully saturated rings. The van der Waals surface area contributed by atoms with Crippen molar-refractivity contribution in [1.29, 1.82) is 0 Å². The molecule has 2 heterocycles. The van der Waals surface area contributed by atoms with E-state index in [0.29, 0.717) is 0 Å². The van der Waals surface area contributed by atoms with Crippen LogP contribution < -0.4 is 4.72 Å². The number of fused-ring (bicyclic) bond motifs is 1. The number of nitrogens with zero attached hydrogens (tertiary/aromatic N) is 1. The lowest BCUT2D eigenvalue weighted by Crippen LogP contribution is -1.87. The number of hydrogen-bond acceptors (Lipinski definition) is 3. The summed E-state index contributed by atoms with van der Waals surface area (Å²) in [6.45, 7) is 0. The maximum atomic E-state index is 5.96. The molecule has 1 aromatic carbocycles. The zero-order valence-electron chi connectivity index (χ0n) is 9.65. The minimum absolute atomic E-state index is 0.732. The second-order valence-electron chi connectivity index (χ2n) is 3.92. The molecule has 0 amide bonds. The molecule has 0 bridgehead atoms. The molecule has 2 aromatic heterocycles. The van der Waals surface area contributed by atoms with Crippen molar-refractivity contribution in [3.05, 3.63) is 52.4 Å².